The normalized spacial score (nSPS) is 12.2. The summed E-state index contributed by atoms with van der Waals surface area (Å²) in [6.07, 6.45) is 2.11. The summed E-state index contributed by atoms with van der Waals surface area (Å²) < 4.78 is 4.85. The van der Waals surface area contributed by atoms with Crippen LogP contribution in [0, 0.1) is 0 Å². The van der Waals surface area contributed by atoms with Gasteiger partial charge in [-0.25, -0.2) is 0 Å². The Morgan fingerprint density at radius 3 is 2.90 bits per heavy atom. The first-order valence-corrected chi connectivity index (χ1v) is 8.06. The largest absolute Gasteiger partial charge is 0.472 e. The Morgan fingerprint density at radius 1 is 1.29 bits per heavy atom. The molecular formula is C15H13NO3S2. The van der Waals surface area contributed by atoms with Gasteiger partial charge in [0.15, 0.2) is 0 Å². The molecule has 6 heteroatoms. The number of hydrogen-bond donors (Lipinski definition) is 2. The summed E-state index contributed by atoms with van der Waals surface area (Å²) >= 11 is 3.20. The number of rotatable bonds is 5. The maximum atomic E-state index is 11.8. The van der Waals surface area contributed by atoms with Crippen LogP contribution < -0.4 is 5.32 Å². The van der Waals surface area contributed by atoms with E-state index >= 15 is 0 Å². The number of carbonyl (C=O) groups is 1. The first-order valence-electron chi connectivity index (χ1n) is 6.36. The van der Waals surface area contributed by atoms with Crippen LogP contribution >= 0.6 is 22.7 Å². The molecule has 2 N–H and O–H groups in total. The lowest BCUT2D eigenvalue weighted by Crippen LogP contribution is -2.27. The highest BCUT2D eigenvalue weighted by molar-refractivity contribution is 7.21. The van der Waals surface area contributed by atoms with Gasteiger partial charge in [0.1, 0.15) is 12.4 Å². The monoisotopic (exact) mass is 319 g/mol. The minimum absolute atomic E-state index is 0.175. The molecule has 1 amide bonds. The number of furan rings is 1. The molecule has 0 fully saturated rings. The van der Waals surface area contributed by atoms with E-state index < -0.39 is 6.10 Å². The van der Waals surface area contributed by atoms with Gasteiger partial charge in [0.05, 0.1) is 11.8 Å². The lowest BCUT2D eigenvalue weighted by Gasteiger charge is -2.09. The zero-order valence-electron chi connectivity index (χ0n) is 11.0. The van der Waals surface area contributed by atoms with Crippen molar-refractivity contribution in [3.63, 3.8) is 0 Å². The van der Waals surface area contributed by atoms with Crippen molar-refractivity contribution in [2.75, 3.05) is 6.54 Å². The second-order valence-electron chi connectivity index (χ2n) is 4.42. The molecule has 3 rings (SSSR count). The predicted octanol–water partition coefficient (Wildman–Crippen LogP) is 3.53. The van der Waals surface area contributed by atoms with Crippen molar-refractivity contribution in [3.8, 4) is 9.75 Å². The van der Waals surface area contributed by atoms with Gasteiger partial charge in [-0.15, -0.1) is 22.7 Å². The molecule has 0 aliphatic rings. The van der Waals surface area contributed by atoms with Crippen LogP contribution in [0.15, 0.2) is 52.7 Å². The van der Waals surface area contributed by atoms with Crippen molar-refractivity contribution >= 4 is 28.6 Å². The molecule has 0 saturated carbocycles. The molecule has 0 saturated heterocycles. The number of aliphatic hydroxyl groups is 1. The topological polar surface area (TPSA) is 62.5 Å². The molecule has 0 radical (unpaired) electrons. The molecule has 3 aromatic heterocycles. The standard InChI is InChI=1S/C15H13NO3S2/c17-11(8-16-15(18)10-5-6-19-9-10)12-3-4-14(21-12)13-2-1-7-20-13/h1-7,9,11,17H,8H2,(H,16,18). The van der Waals surface area contributed by atoms with E-state index in [-0.39, 0.29) is 12.5 Å². The average Bonchev–Trinajstić information content (AvgIpc) is 3.25. The third-order valence-corrected chi connectivity index (χ3v) is 5.21. The maximum Gasteiger partial charge on any atom is 0.254 e. The van der Waals surface area contributed by atoms with Crippen LogP contribution in [-0.2, 0) is 0 Å². The SMILES string of the molecule is O=C(NCC(O)c1ccc(-c2cccs2)s1)c1ccoc1. The van der Waals surface area contributed by atoms with Crippen molar-refractivity contribution in [2.24, 2.45) is 0 Å². The molecule has 1 unspecified atom stereocenters. The zero-order chi connectivity index (χ0) is 14.7. The smallest absolute Gasteiger partial charge is 0.254 e. The number of hydrogen-bond acceptors (Lipinski definition) is 5. The lowest BCUT2D eigenvalue weighted by atomic mass is 10.2. The fourth-order valence-electron chi connectivity index (χ4n) is 1.87. The molecule has 21 heavy (non-hydrogen) atoms. The van der Waals surface area contributed by atoms with Crippen molar-refractivity contribution in [3.05, 3.63) is 58.7 Å². The fraction of sp³-hybridized carbons (Fsp3) is 0.133. The van der Waals surface area contributed by atoms with Crippen LogP contribution in [-0.4, -0.2) is 17.6 Å². The first-order chi connectivity index (χ1) is 10.2. The van der Waals surface area contributed by atoms with E-state index in [0.717, 1.165) is 9.75 Å². The van der Waals surface area contributed by atoms with E-state index in [0.29, 0.717) is 5.56 Å². The highest BCUT2D eigenvalue weighted by atomic mass is 32.1. The minimum Gasteiger partial charge on any atom is -0.472 e. The summed E-state index contributed by atoms with van der Waals surface area (Å²) in [7, 11) is 0. The Labute approximate surface area is 129 Å². The summed E-state index contributed by atoms with van der Waals surface area (Å²) in [5, 5.41) is 14.9. The Kier molecular flexibility index (Phi) is 4.19. The molecule has 0 bridgehead atoms. The summed E-state index contributed by atoms with van der Waals surface area (Å²) in [5.41, 5.74) is 0.452. The molecule has 1 atom stereocenters. The number of thiophene rings is 2. The summed E-state index contributed by atoms with van der Waals surface area (Å²) in [4.78, 5) is 14.9. The van der Waals surface area contributed by atoms with E-state index in [9.17, 15) is 9.90 Å². The van der Waals surface area contributed by atoms with Gasteiger partial charge in [0.2, 0.25) is 0 Å². The molecule has 0 aromatic carbocycles. The highest BCUT2D eigenvalue weighted by Crippen LogP contribution is 2.33. The van der Waals surface area contributed by atoms with Crippen LogP contribution in [0.1, 0.15) is 21.3 Å². The Hall–Kier alpha value is -1.89. The van der Waals surface area contributed by atoms with Gasteiger partial charge in [-0.3, -0.25) is 4.79 Å². The van der Waals surface area contributed by atoms with Gasteiger partial charge in [-0.05, 0) is 29.6 Å². The van der Waals surface area contributed by atoms with Gasteiger partial charge in [0.25, 0.3) is 5.91 Å². The Balaban J connectivity index is 1.61. The fourth-order valence-corrected chi connectivity index (χ4v) is 3.70. The molecule has 4 nitrogen and oxygen atoms in total. The third-order valence-electron chi connectivity index (χ3n) is 2.96. The Morgan fingerprint density at radius 2 is 2.19 bits per heavy atom. The molecule has 0 aliphatic heterocycles. The predicted molar refractivity (Wildman–Crippen MR) is 83.6 cm³/mol. The third kappa shape index (κ3) is 3.24. The van der Waals surface area contributed by atoms with E-state index in [1.165, 1.54) is 28.7 Å². The van der Waals surface area contributed by atoms with Crippen molar-refractivity contribution < 1.29 is 14.3 Å². The second-order valence-corrected chi connectivity index (χ2v) is 6.48. The summed E-state index contributed by atoms with van der Waals surface area (Å²) in [6.45, 7) is 0.175. The molecule has 108 valence electrons. The van der Waals surface area contributed by atoms with Gasteiger partial charge < -0.3 is 14.8 Å². The molecule has 0 aliphatic carbocycles. The van der Waals surface area contributed by atoms with Crippen molar-refractivity contribution in [1.29, 1.82) is 0 Å². The first kappa shape index (κ1) is 14.1. The van der Waals surface area contributed by atoms with Gasteiger partial charge in [0, 0.05) is 21.2 Å². The highest BCUT2D eigenvalue weighted by Gasteiger charge is 2.14. The average molecular weight is 319 g/mol. The summed E-state index contributed by atoms with van der Waals surface area (Å²) in [6, 6.07) is 9.53. The van der Waals surface area contributed by atoms with Crippen LogP contribution in [0.25, 0.3) is 9.75 Å². The minimum atomic E-state index is -0.709. The zero-order valence-corrected chi connectivity index (χ0v) is 12.6. The quantitative estimate of drug-likeness (QED) is 0.756. The van der Waals surface area contributed by atoms with E-state index in [1.54, 1.807) is 17.4 Å². The van der Waals surface area contributed by atoms with Crippen LogP contribution in [0.2, 0.25) is 0 Å². The van der Waals surface area contributed by atoms with E-state index in [4.69, 9.17) is 4.42 Å². The van der Waals surface area contributed by atoms with Crippen LogP contribution in [0.4, 0.5) is 0 Å². The van der Waals surface area contributed by atoms with Crippen LogP contribution in [0.3, 0.4) is 0 Å². The second kappa shape index (κ2) is 6.26. The van der Waals surface area contributed by atoms with Crippen molar-refractivity contribution in [1.82, 2.24) is 5.32 Å². The summed E-state index contributed by atoms with van der Waals surface area (Å²) in [5.74, 6) is -0.252. The van der Waals surface area contributed by atoms with Crippen molar-refractivity contribution in [2.45, 2.75) is 6.10 Å². The van der Waals surface area contributed by atoms with Gasteiger partial charge in [-0.1, -0.05) is 6.07 Å². The molecular weight excluding hydrogens is 306 g/mol. The lowest BCUT2D eigenvalue weighted by molar-refractivity contribution is 0.0917. The number of aliphatic hydroxyl groups excluding tert-OH is 1. The Bertz CT molecular complexity index is 701. The molecule has 0 spiro atoms. The molecule has 3 heterocycles. The van der Waals surface area contributed by atoms with Crippen LogP contribution in [0.5, 0.6) is 0 Å². The maximum absolute atomic E-state index is 11.8. The number of amides is 1. The molecule has 3 aromatic rings. The van der Waals surface area contributed by atoms with Gasteiger partial charge >= 0.3 is 0 Å². The van der Waals surface area contributed by atoms with E-state index in [2.05, 4.69) is 5.32 Å². The van der Waals surface area contributed by atoms with E-state index in [1.807, 2.05) is 29.6 Å². The number of carbonyl (C=O) groups excluding carboxylic acids is 1. The van der Waals surface area contributed by atoms with Gasteiger partial charge in [-0.2, -0.15) is 0 Å². The number of nitrogens with one attached hydrogen (secondary N) is 1.